The molecule has 0 aromatic rings. The maximum atomic E-state index is 6.81. The van der Waals surface area contributed by atoms with Crippen molar-refractivity contribution in [3.05, 3.63) is 5.16 Å². The summed E-state index contributed by atoms with van der Waals surface area (Å²) in [5.74, 6) is 0. The van der Waals surface area contributed by atoms with Gasteiger partial charge in [0.15, 0.2) is 0 Å². The Morgan fingerprint density at radius 2 is 1.25 bits per heavy atom. The van der Waals surface area contributed by atoms with Crippen LogP contribution < -0.4 is 0 Å². The first kappa shape index (κ1) is 18.2. The first-order valence-corrected chi connectivity index (χ1v) is 0.671. The summed E-state index contributed by atoms with van der Waals surface area (Å²) < 4.78 is 0. The number of nitrogens with zero attached hydrogens (tertiary/aromatic N) is 1. The SMILES string of the molecule is [Mo].[N-]=P.[V]. The van der Waals surface area contributed by atoms with Crippen LogP contribution in [0, 0.1) is 0 Å². The Kier molecular flexibility index (Phi) is 120. The van der Waals surface area contributed by atoms with Gasteiger partial charge in [0.25, 0.3) is 0 Å². The van der Waals surface area contributed by atoms with Crippen molar-refractivity contribution in [2.24, 2.45) is 0 Å². The van der Waals surface area contributed by atoms with Gasteiger partial charge < -0.3 is 5.16 Å². The van der Waals surface area contributed by atoms with Crippen LogP contribution >= 0.6 is 9.03 Å². The van der Waals surface area contributed by atoms with E-state index in [1.54, 1.807) is 0 Å². The molecule has 4 heteroatoms. The molecule has 0 aliphatic heterocycles. The average molecular weight is 193 g/mol. The predicted octanol–water partition coefficient (Wildman–Crippen LogP) is 0.877. The molecule has 0 aromatic carbocycles. The second-order valence-electron chi connectivity index (χ2n) is 0. The van der Waals surface area contributed by atoms with Crippen molar-refractivity contribution < 1.29 is 39.6 Å². The molecule has 0 aliphatic rings. The summed E-state index contributed by atoms with van der Waals surface area (Å²) >= 11 is 0. The summed E-state index contributed by atoms with van der Waals surface area (Å²) in [6, 6.07) is 0. The molecule has 23 valence electrons. The van der Waals surface area contributed by atoms with Crippen molar-refractivity contribution in [2.75, 3.05) is 0 Å². The van der Waals surface area contributed by atoms with Gasteiger partial charge in [0, 0.05) is 39.6 Å². The largest absolute Gasteiger partial charge is 0.786 e. The molecule has 0 heterocycles. The zero-order chi connectivity index (χ0) is 2.00. The van der Waals surface area contributed by atoms with Gasteiger partial charge in [-0.05, 0) is 0 Å². The molecule has 0 saturated heterocycles. The summed E-state index contributed by atoms with van der Waals surface area (Å²) in [7, 11) is 1.97. The zero-order valence-electron chi connectivity index (χ0n) is 1.80. The fraction of sp³-hybridized carbons (Fsp3) is 0. The van der Waals surface area contributed by atoms with Crippen molar-refractivity contribution in [1.82, 2.24) is 0 Å². The molecule has 0 bridgehead atoms. The minimum atomic E-state index is 0. The van der Waals surface area contributed by atoms with Crippen molar-refractivity contribution in [1.29, 1.82) is 0 Å². The van der Waals surface area contributed by atoms with Crippen molar-refractivity contribution in [2.45, 2.75) is 0 Å². The van der Waals surface area contributed by atoms with Gasteiger partial charge in [-0.2, -0.15) is 0 Å². The normalized spacial score (nSPS) is 1.00. The Labute approximate surface area is 53.8 Å². The molecule has 1 nitrogen and oxygen atoms in total. The van der Waals surface area contributed by atoms with Gasteiger partial charge >= 0.3 is 0 Å². The third-order valence-corrected chi connectivity index (χ3v) is 0. The number of hydrogen-bond acceptors (Lipinski definition) is 0. The quantitative estimate of drug-likeness (QED) is 0.402. The minimum absolute atomic E-state index is 0. The molecule has 0 spiro atoms. The summed E-state index contributed by atoms with van der Waals surface area (Å²) in [5.41, 5.74) is 0. The van der Waals surface area contributed by atoms with Crippen molar-refractivity contribution in [3.8, 4) is 0 Å². The summed E-state index contributed by atoms with van der Waals surface area (Å²) in [4.78, 5) is 0. The van der Waals surface area contributed by atoms with E-state index in [2.05, 4.69) is 0 Å². The van der Waals surface area contributed by atoms with Crippen LogP contribution in [0.25, 0.3) is 5.16 Å². The van der Waals surface area contributed by atoms with E-state index < -0.39 is 0 Å². The monoisotopic (exact) mass is 195 g/mol. The molecule has 0 rings (SSSR count). The number of rotatable bonds is 0. The molecule has 0 saturated carbocycles. The first-order valence-electron chi connectivity index (χ1n) is 0.224. The summed E-state index contributed by atoms with van der Waals surface area (Å²) in [5, 5.41) is 6.81. The maximum Gasteiger partial charge on any atom is 0 e. The van der Waals surface area contributed by atoms with E-state index >= 15 is 0 Å². The standard InChI is InChI=1S/Mo.HNP.V/c;1-2;/h;2H;/q;-1;. The molecule has 0 fully saturated rings. The molecule has 4 heavy (non-hydrogen) atoms. The molecule has 0 unspecified atom stereocenters. The fourth-order valence-electron chi connectivity index (χ4n) is 0. The minimum Gasteiger partial charge on any atom is -0.786 e. The smallest absolute Gasteiger partial charge is 0 e. The van der Waals surface area contributed by atoms with Gasteiger partial charge in [0.2, 0.25) is 0 Å². The van der Waals surface area contributed by atoms with Gasteiger partial charge in [-0.25, -0.2) is 0 Å². The molecule has 0 aromatic heterocycles. The third-order valence-electron chi connectivity index (χ3n) is 0. The van der Waals surface area contributed by atoms with Gasteiger partial charge in [-0.1, -0.05) is 0 Å². The van der Waals surface area contributed by atoms with Crippen LogP contribution in [0.5, 0.6) is 0 Å². The second kappa shape index (κ2) is 26.4. The summed E-state index contributed by atoms with van der Waals surface area (Å²) in [6.07, 6.45) is 0. The molecular formula is HMoNPV-. The van der Waals surface area contributed by atoms with Crippen LogP contribution in [0.4, 0.5) is 0 Å². The van der Waals surface area contributed by atoms with Crippen LogP contribution in [-0.2, 0) is 39.6 Å². The van der Waals surface area contributed by atoms with Crippen LogP contribution in [0.3, 0.4) is 0 Å². The van der Waals surface area contributed by atoms with E-state index in [-0.39, 0.29) is 39.6 Å². The second-order valence-corrected chi connectivity index (χ2v) is 0. The predicted molar refractivity (Wildman–Crippen MR) is 11.7 cm³/mol. The van der Waals surface area contributed by atoms with Crippen LogP contribution in [-0.4, -0.2) is 0 Å². The number of hydrogen-bond donors (Lipinski definition) is 0. The molecule has 0 N–H and O–H groups in total. The zero-order valence-corrected chi connectivity index (χ0v) is 6.21. The van der Waals surface area contributed by atoms with Gasteiger partial charge in [0.1, 0.15) is 0 Å². The third kappa shape index (κ3) is 10.1. The molecule has 0 amide bonds. The Balaban J connectivity index is -0.00000000500. The van der Waals surface area contributed by atoms with E-state index in [9.17, 15) is 0 Å². The van der Waals surface area contributed by atoms with Gasteiger partial charge in [-0.3, -0.25) is 9.03 Å². The molecule has 1 radical (unpaired) electrons. The Morgan fingerprint density at radius 1 is 1.25 bits per heavy atom. The molecule has 0 aliphatic carbocycles. The van der Waals surface area contributed by atoms with E-state index in [0.29, 0.717) is 0 Å². The van der Waals surface area contributed by atoms with Crippen LogP contribution in [0.1, 0.15) is 0 Å². The van der Waals surface area contributed by atoms with E-state index in [0.717, 1.165) is 0 Å². The Morgan fingerprint density at radius 3 is 1.25 bits per heavy atom. The topological polar surface area (TPSA) is 22.3 Å². The van der Waals surface area contributed by atoms with Gasteiger partial charge in [-0.15, -0.1) is 0 Å². The van der Waals surface area contributed by atoms with Crippen molar-refractivity contribution in [3.63, 3.8) is 0 Å². The van der Waals surface area contributed by atoms with E-state index in [1.165, 1.54) is 0 Å². The Hall–Kier alpha value is 1.37. The maximum absolute atomic E-state index is 6.81. The van der Waals surface area contributed by atoms with Crippen LogP contribution in [0.15, 0.2) is 0 Å². The molecule has 0 atom stereocenters. The van der Waals surface area contributed by atoms with E-state index in [1.807, 2.05) is 9.03 Å². The van der Waals surface area contributed by atoms with Crippen molar-refractivity contribution >= 4 is 9.03 Å². The van der Waals surface area contributed by atoms with Gasteiger partial charge in [0.05, 0.1) is 0 Å². The summed E-state index contributed by atoms with van der Waals surface area (Å²) in [6.45, 7) is 0. The fourth-order valence-corrected chi connectivity index (χ4v) is 0. The average Bonchev–Trinajstić information content (AvgIpc) is 1.00. The van der Waals surface area contributed by atoms with Crippen LogP contribution in [0.2, 0.25) is 0 Å². The molecular weight excluding hydrogens is 192 g/mol. The first-order chi connectivity index (χ1) is 1.00. The Bertz CT molecular complexity index is 8.00. The van der Waals surface area contributed by atoms with E-state index in [4.69, 9.17) is 5.16 Å².